The second kappa shape index (κ2) is 6.98. The molecule has 0 unspecified atom stereocenters. The lowest BCUT2D eigenvalue weighted by Crippen LogP contribution is -2.41. The molecule has 1 heterocycles. The molecule has 0 spiro atoms. The predicted molar refractivity (Wildman–Crippen MR) is 88.4 cm³/mol. The first-order valence-corrected chi connectivity index (χ1v) is 7.92. The molecule has 0 saturated heterocycles. The molecule has 120 valence electrons. The van der Waals surface area contributed by atoms with Crippen LogP contribution in [0.5, 0.6) is 0 Å². The van der Waals surface area contributed by atoms with E-state index in [0.29, 0.717) is 24.5 Å². The van der Waals surface area contributed by atoms with Crippen molar-refractivity contribution >= 4 is 17.6 Å². The summed E-state index contributed by atoms with van der Waals surface area (Å²) in [4.78, 5) is 16.0. The van der Waals surface area contributed by atoms with E-state index >= 15 is 0 Å². The maximum atomic E-state index is 12.0. The highest BCUT2D eigenvalue weighted by atomic mass is 35.5. The zero-order valence-corrected chi connectivity index (χ0v) is 13.3. The van der Waals surface area contributed by atoms with Crippen molar-refractivity contribution in [1.29, 1.82) is 0 Å². The van der Waals surface area contributed by atoms with Crippen LogP contribution in [-0.4, -0.2) is 28.8 Å². The summed E-state index contributed by atoms with van der Waals surface area (Å²) in [6, 6.07) is 10.7. The van der Waals surface area contributed by atoms with Crippen LogP contribution >= 0.6 is 11.6 Å². The average Bonchev–Trinajstić information content (AvgIpc) is 2.85. The van der Waals surface area contributed by atoms with E-state index in [1.165, 1.54) is 0 Å². The highest BCUT2D eigenvalue weighted by molar-refractivity contribution is 6.29. The largest absolute Gasteiger partial charge is 0.390 e. The van der Waals surface area contributed by atoms with Gasteiger partial charge in [-0.25, -0.2) is 9.78 Å². The first-order chi connectivity index (χ1) is 11.1. The number of halogens is 1. The number of aliphatic hydroxyl groups is 1. The Morgan fingerprint density at radius 3 is 2.91 bits per heavy atom. The average molecular weight is 332 g/mol. The second-order valence-corrected chi connectivity index (χ2v) is 5.97. The fourth-order valence-electron chi connectivity index (χ4n) is 2.81. The summed E-state index contributed by atoms with van der Waals surface area (Å²) in [6.45, 7) is 0.486. The standard InChI is InChI=1S/C17H18ClN3O2/c18-15-6-5-11(10-20-15)7-8-19-17(23)21-16-13-4-2-1-3-12(13)9-14(16)22/h1-6,10,14,16,22H,7-9H2,(H2,19,21,23)/t14-,16+/m0/s1. The zero-order chi connectivity index (χ0) is 16.2. The Balaban J connectivity index is 1.51. The monoisotopic (exact) mass is 331 g/mol. The number of carbonyl (C=O) groups excluding carboxylic acids is 1. The minimum Gasteiger partial charge on any atom is -0.390 e. The van der Waals surface area contributed by atoms with Gasteiger partial charge in [0.2, 0.25) is 0 Å². The van der Waals surface area contributed by atoms with Gasteiger partial charge >= 0.3 is 6.03 Å². The highest BCUT2D eigenvalue weighted by Crippen LogP contribution is 2.30. The van der Waals surface area contributed by atoms with Crippen molar-refractivity contribution in [2.24, 2.45) is 0 Å². The smallest absolute Gasteiger partial charge is 0.315 e. The topological polar surface area (TPSA) is 74.2 Å². The summed E-state index contributed by atoms with van der Waals surface area (Å²) in [7, 11) is 0. The first kappa shape index (κ1) is 15.8. The van der Waals surface area contributed by atoms with E-state index in [1.54, 1.807) is 12.3 Å². The van der Waals surface area contributed by atoms with Crippen molar-refractivity contribution in [3.05, 3.63) is 64.4 Å². The van der Waals surface area contributed by atoms with Crippen LogP contribution in [0.4, 0.5) is 4.79 Å². The summed E-state index contributed by atoms with van der Waals surface area (Å²) >= 11 is 5.73. The molecular weight excluding hydrogens is 314 g/mol. The van der Waals surface area contributed by atoms with Gasteiger partial charge in [0.25, 0.3) is 0 Å². The van der Waals surface area contributed by atoms with Gasteiger partial charge < -0.3 is 15.7 Å². The Labute approximate surface area is 139 Å². The van der Waals surface area contributed by atoms with Gasteiger partial charge in [0, 0.05) is 19.2 Å². The van der Waals surface area contributed by atoms with Crippen LogP contribution in [0, 0.1) is 0 Å². The van der Waals surface area contributed by atoms with Gasteiger partial charge in [0.05, 0.1) is 12.1 Å². The maximum Gasteiger partial charge on any atom is 0.315 e. The van der Waals surface area contributed by atoms with Gasteiger partial charge in [0.1, 0.15) is 5.15 Å². The Morgan fingerprint density at radius 1 is 1.30 bits per heavy atom. The van der Waals surface area contributed by atoms with E-state index in [9.17, 15) is 9.90 Å². The Hall–Kier alpha value is -2.11. The molecule has 2 amide bonds. The van der Waals surface area contributed by atoms with Crippen molar-refractivity contribution in [2.75, 3.05) is 6.54 Å². The number of benzene rings is 1. The molecular formula is C17H18ClN3O2. The minimum atomic E-state index is -0.585. The quantitative estimate of drug-likeness (QED) is 0.752. The lowest BCUT2D eigenvalue weighted by molar-refractivity contribution is 0.142. The van der Waals surface area contributed by atoms with Crippen molar-refractivity contribution < 1.29 is 9.90 Å². The van der Waals surface area contributed by atoms with Crippen molar-refractivity contribution in [3.8, 4) is 0 Å². The van der Waals surface area contributed by atoms with E-state index in [1.807, 2.05) is 30.3 Å². The SMILES string of the molecule is O=C(NCCc1ccc(Cl)nc1)N[C@@H]1c2ccccc2C[C@@H]1O. The number of pyridine rings is 1. The number of amides is 2. The molecule has 0 radical (unpaired) electrons. The third kappa shape index (κ3) is 3.81. The van der Waals surface area contributed by atoms with Crippen LogP contribution in [0.3, 0.4) is 0 Å². The number of carbonyl (C=O) groups is 1. The summed E-state index contributed by atoms with van der Waals surface area (Å²) in [6.07, 6.45) is 2.34. The molecule has 0 fully saturated rings. The minimum absolute atomic E-state index is 0.285. The summed E-state index contributed by atoms with van der Waals surface area (Å²) in [5.41, 5.74) is 3.07. The van der Waals surface area contributed by atoms with E-state index in [-0.39, 0.29) is 12.1 Å². The maximum absolute atomic E-state index is 12.0. The second-order valence-electron chi connectivity index (χ2n) is 5.59. The molecule has 3 rings (SSSR count). The Morgan fingerprint density at radius 2 is 2.13 bits per heavy atom. The van der Waals surface area contributed by atoms with Gasteiger partial charge in [-0.1, -0.05) is 41.9 Å². The molecule has 5 nitrogen and oxygen atoms in total. The molecule has 3 N–H and O–H groups in total. The predicted octanol–water partition coefficient (Wildman–Crippen LogP) is 2.24. The summed E-state index contributed by atoms with van der Waals surface area (Å²) in [5, 5.41) is 16.2. The lowest BCUT2D eigenvalue weighted by atomic mass is 10.1. The van der Waals surface area contributed by atoms with Gasteiger partial charge in [-0.3, -0.25) is 0 Å². The van der Waals surface area contributed by atoms with Gasteiger partial charge in [-0.2, -0.15) is 0 Å². The van der Waals surface area contributed by atoms with Gasteiger partial charge in [0.15, 0.2) is 0 Å². The van der Waals surface area contributed by atoms with Crippen LogP contribution < -0.4 is 10.6 Å². The number of rotatable bonds is 4. The number of urea groups is 1. The van der Waals surface area contributed by atoms with Crippen molar-refractivity contribution in [2.45, 2.75) is 25.0 Å². The van der Waals surface area contributed by atoms with Crippen LogP contribution in [-0.2, 0) is 12.8 Å². The molecule has 23 heavy (non-hydrogen) atoms. The molecule has 1 aromatic carbocycles. The molecule has 0 bridgehead atoms. The third-order valence-electron chi connectivity index (χ3n) is 3.98. The summed E-state index contributed by atoms with van der Waals surface area (Å²) < 4.78 is 0. The number of nitrogens with zero attached hydrogens (tertiary/aromatic N) is 1. The van der Waals surface area contributed by atoms with Gasteiger partial charge in [-0.05, 0) is 29.2 Å². The summed E-state index contributed by atoms with van der Waals surface area (Å²) in [5.74, 6) is 0. The number of aromatic nitrogens is 1. The number of nitrogens with one attached hydrogen (secondary N) is 2. The van der Waals surface area contributed by atoms with Gasteiger partial charge in [-0.15, -0.1) is 0 Å². The number of fused-ring (bicyclic) bond motifs is 1. The molecule has 6 heteroatoms. The molecule has 1 aliphatic rings. The molecule has 1 aliphatic carbocycles. The van der Waals surface area contributed by atoms with Crippen LogP contribution in [0.25, 0.3) is 0 Å². The van der Waals surface area contributed by atoms with Crippen LogP contribution in [0.1, 0.15) is 22.7 Å². The molecule has 2 atom stereocenters. The number of hydrogen-bond acceptors (Lipinski definition) is 3. The van der Waals surface area contributed by atoms with Crippen molar-refractivity contribution in [3.63, 3.8) is 0 Å². The zero-order valence-electron chi connectivity index (χ0n) is 12.5. The van der Waals surface area contributed by atoms with E-state index < -0.39 is 6.10 Å². The Bertz CT molecular complexity index is 690. The normalized spacial score (nSPS) is 19.2. The highest BCUT2D eigenvalue weighted by Gasteiger charge is 2.31. The Kier molecular flexibility index (Phi) is 4.79. The molecule has 0 aliphatic heterocycles. The first-order valence-electron chi connectivity index (χ1n) is 7.54. The molecule has 2 aromatic rings. The van der Waals surface area contributed by atoms with E-state index in [0.717, 1.165) is 16.7 Å². The molecule has 0 saturated carbocycles. The fourth-order valence-corrected chi connectivity index (χ4v) is 2.93. The number of aliphatic hydroxyl groups excluding tert-OH is 1. The van der Waals surface area contributed by atoms with Crippen LogP contribution in [0.2, 0.25) is 5.15 Å². The van der Waals surface area contributed by atoms with E-state index in [4.69, 9.17) is 11.6 Å². The molecule has 1 aromatic heterocycles. The lowest BCUT2D eigenvalue weighted by Gasteiger charge is -2.18. The third-order valence-corrected chi connectivity index (χ3v) is 4.20. The van der Waals surface area contributed by atoms with Crippen molar-refractivity contribution in [1.82, 2.24) is 15.6 Å². The number of hydrogen-bond donors (Lipinski definition) is 3. The van der Waals surface area contributed by atoms with Crippen LogP contribution in [0.15, 0.2) is 42.6 Å². The van der Waals surface area contributed by atoms with E-state index in [2.05, 4.69) is 15.6 Å². The fraction of sp³-hybridized carbons (Fsp3) is 0.294.